The third-order valence-corrected chi connectivity index (χ3v) is 5.60. The van der Waals surface area contributed by atoms with Gasteiger partial charge in [-0.3, -0.25) is 0 Å². The summed E-state index contributed by atoms with van der Waals surface area (Å²) in [6, 6.07) is 0. The molecule has 0 amide bonds. The second-order valence-corrected chi connectivity index (χ2v) is 7.34. The molecule has 0 atom stereocenters. The van der Waals surface area contributed by atoms with Crippen LogP contribution >= 0.6 is 11.8 Å². The third kappa shape index (κ3) is 3.53. The number of aryl methyl sites for hydroxylation is 2. The van der Waals surface area contributed by atoms with Gasteiger partial charge in [0.15, 0.2) is 0 Å². The maximum atomic E-state index is 12.6. The fraction of sp³-hybridized carbons (Fsp3) is 0.667. The molecule has 1 aromatic heterocycles. The maximum Gasteiger partial charge on any atom is 0.246 e. The van der Waals surface area contributed by atoms with E-state index in [-0.39, 0.29) is 0 Å². The van der Waals surface area contributed by atoms with Crippen LogP contribution in [0.15, 0.2) is 9.31 Å². The molecule has 110 valence electrons. The lowest BCUT2D eigenvalue weighted by molar-refractivity contribution is 0.475. The molecule has 0 fully saturated rings. The largest absolute Gasteiger partial charge is 0.465 e. The Morgan fingerprint density at radius 1 is 1.32 bits per heavy atom. The summed E-state index contributed by atoms with van der Waals surface area (Å²) < 4.78 is 32.1. The molecule has 0 radical (unpaired) electrons. The van der Waals surface area contributed by atoms with Gasteiger partial charge in [0.05, 0.1) is 0 Å². The molecule has 1 N–H and O–H groups in total. The number of nitrogens with one attached hydrogen (secondary N) is 1. The van der Waals surface area contributed by atoms with E-state index in [1.54, 1.807) is 39.7 Å². The summed E-state index contributed by atoms with van der Waals surface area (Å²) in [5.41, 5.74) is 0.719. The Balaban J connectivity index is 3.20. The van der Waals surface area contributed by atoms with E-state index in [0.29, 0.717) is 29.5 Å². The van der Waals surface area contributed by atoms with Crippen molar-refractivity contribution in [3.63, 3.8) is 0 Å². The highest BCUT2D eigenvalue weighted by Crippen LogP contribution is 2.28. The van der Waals surface area contributed by atoms with Crippen LogP contribution in [-0.2, 0) is 16.6 Å². The molecule has 1 heterocycles. The van der Waals surface area contributed by atoms with E-state index in [1.807, 2.05) is 6.26 Å². The Hall–Kier alpha value is -0.500. The van der Waals surface area contributed by atoms with Crippen LogP contribution in [0.4, 0.5) is 0 Å². The highest BCUT2D eigenvalue weighted by molar-refractivity contribution is 7.98. The molecule has 0 spiro atoms. The Kier molecular flexibility index (Phi) is 5.91. The number of furan rings is 1. The molecular weight excluding hydrogens is 284 g/mol. The van der Waals surface area contributed by atoms with Gasteiger partial charge in [-0.1, -0.05) is 0 Å². The normalized spacial score (nSPS) is 12.3. The van der Waals surface area contributed by atoms with E-state index in [4.69, 9.17) is 4.42 Å². The van der Waals surface area contributed by atoms with Crippen LogP contribution in [0.5, 0.6) is 0 Å². The topological polar surface area (TPSA) is 62.6 Å². The molecule has 1 aromatic rings. The van der Waals surface area contributed by atoms with Crippen molar-refractivity contribution in [1.29, 1.82) is 0 Å². The Morgan fingerprint density at radius 2 is 1.95 bits per heavy atom. The van der Waals surface area contributed by atoms with E-state index in [9.17, 15) is 8.42 Å². The second-order valence-electron chi connectivity index (χ2n) is 4.37. The monoisotopic (exact) mass is 306 g/mol. The SMILES string of the molecule is CNCc1c(C)oc(C)c1S(=O)(=O)N(C)CCSC. The second kappa shape index (κ2) is 6.78. The molecule has 1 rings (SSSR count). The van der Waals surface area contributed by atoms with Crippen LogP contribution in [-0.4, -0.2) is 45.4 Å². The summed E-state index contributed by atoms with van der Waals surface area (Å²) in [5.74, 6) is 1.88. The van der Waals surface area contributed by atoms with Crippen LogP contribution in [0, 0.1) is 13.8 Å². The van der Waals surface area contributed by atoms with E-state index < -0.39 is 10.0 Å². The fourth-order valence-electron chi connectivity index (χ4n) is 1.92. The molecule has 5 nitrogen and oxygen atoms in total. The van der Waals surface area contributed by atoms with Crippen LogP contribution in [0.25, 0.3) is 0 Å². The van der Waals surface area contributed by atoms with Gasteiger partial charge in [0.2, 0.25) is 10.0 Å². The summed E-state index contributed by atoms with van der Waals surface area (Å²) in [7, 11) is -0.0927. The zero-order valence-corrected chi connectivity index (χ0v) is 13.7. The number of thioether (sulfide) groups is 1. The van der Waals surface area contributed by atoms with Crippen molar-refractivity contribution in [3.8, 4) is 0 Å². The van der Waals surface area contributed by atoms with E-state index in [0.717, 1.165) is 11.3 Å². The Morgan fingerprint density at radius 3 is 2.47 bits per heavy atom. The summed E-state index contributed by atoms with van der Waals surface area (Å²) in [4.78, 5) is 0.308. The molecule has 7 heteroatoms. The molecule has 0 unspecified atom stereocenters. The van der Waals surface area contributed by atoms with E-state index >= 15 is 0 Å². The smallest absolute Gasteiger partial charge is 0.246 e. The van der Waals surface area contributed by atoms with Gasteiger partial charge in [-0.25, -0.2) is 8.42 Å². The van der Waals surface area contributed by atoms with Gasteiger partial charge in [-0.15, -0.1) is 0 Å². The Labute approximate surface area is 119 Å². The fourth-order valence-corrected chi connectivity index (χ4v) is 4.07. The van der Waals surface area contributed by atoms with Crippen molar-refractivity contribution < 1.29 is 12.8 Å². The highest BCUT2D eigenvalue weighted by atomic mass is 32.2. The zero-order chi connectivity index (χ0) is 14.6. The van der Waals surface area contributed by atoms with Crippen LogP contribution in [0.2, 0.25) is 0 Å². The van der Waals surface area contributed by atoms with Crippen LogP contribution in [0.3, 0.4) is 0 Å². The predicted octanol–water partition coefficient (Wildman–Crippen LogP) is 1.60. The van der Waals surface area contributed by atoms with Crippen molar-refractivity contribution in [2.24, 2.45) is 0 Å². The molecule has 0 saturated heterocycles. The lowest BCUT2D eigenvalue weighted by Crippen LogP contribution is -2.30. The summed E-state index contributed by atoms with van der Waals surface area (Å²) in [6.45, 7) is 4.46. The first-order valence-corrected chi connectivity index (χ1v) is 8.88. The molecule has 0 aromatic carbocycles. The standard InChI is InChI=1S/C12H22N2O3S2/c1-9-11(8-13-3)12(10(2)17-9)19(15,16)14(4)6-7-18-5/h13H,6-8H2,1-5H3. The number of hydrogen-bond donors (Lipinski definition) is 1. The van der Waals surface area contributed by atoms with Gasteiger partial charge in [0, 0.05) is 31.5 Å². The van der Waals surface area contributed by atoms with Crippen molar-refractivity contribution >= 4 is 21.8 Å². The lowest BCUT2D eigenvalue weighted by atomic mass is 10.2. The maximum absolute atomic E-state index is 12.6. The van der Waals surface area contributed by atoms with Gasteiger partial charge < -0.3 is 9.73 Å². The summed E-state index contributed by atoms with van der Waals surface area (Å²) in [5, 5.41) is 2.99. The van der Waals surface area contributed by atoms with Crippen molar-refractivity contribution in [1.82, 2.24) is 9.62 Å². The molecule has 19 heavy (non-hydrogen) atoms. The molecule has 0 aliphatic rings. The quantitative estimate of drug-likeness (QED) is 0.829. The molecule has 0 saturated carbocycles. The molecule has 0 aliphatic heterocycles. The number of sulfonamides is 1. The van der Waals surface area contributed by atoms with Gasteiger partial charge in [0.25, 0.3) is 0 Å². The van der Waals surface area contributed by atoms with E-state index in [1.165, 1.54) is 4.31 Å². The lowest BCUT2D eigenvalue weighted by Gasteiger charge is -2.17. The van der Waals surface area contributed by atoms with Crippen LogP contribution < -0.4 is 5.32 Å². The minimum Gasteiger partial charge on any atom is -0.465 e. The van der Waals surface area contributed by atoms with Crippen molar-refractivity contribution in [2.75, 3.05) is 32.6 Å². The average molecular weight is 306 g/mol. The zero-order valence-electron chi connectivity index (χ0n) is 12.1. The van der Waals surface area contributed by atoms with Gasteiger partial charge in [-0.05, 0) is 27.2 Å². The average Bonchev–Trinajstić information content (AvgIpc) is 2.62. The summed E-state index contributed by atoms with van der Waals surface area (Å²) >= 11 is 1.62. The van der Waals surface area contributed by atoms with Crippen molar-refractivity contribution in [2.45, 2.75) is 25.3 Å². The van der Waals surface area contributed by atoms with Crippen LogP contribution in [0.1, 0.15) is 17.1 Å². The molecule has 0 bridgehead atoms. The number of hydrogen-bond acceptors (Lipinski definition) is 5. The summed E-state index contributed by atoms with van der Waals surface area (Å²) in [6.07, 6.45) is 1.96. The first-order chi connectivity index (χ1) is 8.86. The van der Waals surface area contributed by atoms with E-state index in [2.05, 4.69) is 5.32 Å². The predicted molar refractivity (Wildman–Crippen MR) is 79.1 cm³/mol. The number of nitrogens with zero attached hydrogens (tertiary/aromatic N) is 1. The highest BCUT2D eigenvalue weighted by Gasteiger charge is 2.29. The Bertz CT molecular complexity index is 523. The third-order valence-electron chi connectivity index (χ3n) is 2.96. The van der Waals surface area contributed by atoms with Gasteiger partial charge in [0.1, 0.15) is 16.4 Å². The number of rotatable bonds is 7. The molecular formula is C12H22N2O3S2. The minimum absolute atomic E-state index is 0.308. The van der Waals surface area contributed by atoms with Gasteiger partial charge in [-0.2, -0.15) is 16.1 Å². The van der Waals surface area contributed by atoms with Crippen molar-refractivity contribution in [3.05, 3.63) is 17.1 Å². The first kappa shape index (κ1) is 16.6. The molecule has 0 aliphatic carbocycles. The first-order valence-electron chi connectivity index (χ1n) is 6.05. The van der Waals surface area contributed by atoms with Gasteiger partial charge >= 0.3 is 0 Å². The minimum atomic E-state index is -3.49.